The zero-order chi connectivity index (χ0) is 34.6. The Morgan fingerprint density at radius 1 is 0.766 bits per heavy atom. The van der Waals surface area contributed by atoms with Crippen molar-refractivity contribution in [3.05, 3.63) is 150 Å². The van der Waals surface area contributed by atoms with Gasteiger partial charge in [-0.15, -0.1) is 54.1 Å². The first-order valence-electron chi connectivity index (χ1n) is 17.1. The van der Waals surface area contributed by atoms with Crippen molar-refractivity contribution in [2.75, 3.05) is 0 Å². The van der Waals surface area contributed by atoms with Crippen LogP contribution in [0.25, 0.3) is 44.6 Å². The van der Waals surface area contributed by atoms with Crippen molar-refractivity contribution in [3.63, 3.8) is 0 Å². The van der Waals surface area contributed by atoms with Gasteiger partial charge >= 0.3 is 0 Å². The summed E-state index contributed by atoms with van der Waals surface area (Å²) in [5.74, 6) is 0. The third-order valence-electron chi connectivity index (χ3n) is 7.74. The third kappa shape index (κ3) is 8.68. The molecule has 0 amide bonds. The summed E-state index contributed by atoms with van der Waals surface area (Å²) in [5, 5.41) is 1.64. The van der Waals surface area contributed by atoms with Gasteiger partial charge in [0.05, 0.1) is 5.58 Å². The molecule has 0 saturated heterocycles. The summed E-state index contributed by atoms with van der Waals surface area (Å²) in [6.45, 7) is 6.53. The summed E-state index contributed by atoms with van der Waals surface area (Å²) in [6, 6.07) is 38.4. The Kier molecular flexibility index (Phi) is 9.54. The van der Waals surface area contributed by atoms with Gasteiger partial charge in [0.25, 0.3) is 0 Å². The third-order valence-corrected chi connectivity index (χ3v) is 7.74. The van der Waals surface area contributed by atoms with E-state index in [1.54, 1.807) is 6.07 Å². The summed E-state index contributed by atoms with van der Waals surface area (Å²) in [7, 11) is 0. The van der Waals surface area contributed by atoms with Crippen LogP contribution in [0.15, 0.2) is 114 Å². The topological polar surface area (TPSA) is 51.8 Å². The normalized spacial score (nSPS) is 12.4. The molecule has 0 atom stereocenters. The van der Waals surface area contributed by atoms with E-state index in [0.717, 1.165) is 52.5 Å². The number of hydrogen-bond acceptors (Lipinski definition) is 4. The van der Waals surface area contributed by atoms with Gasteiger partial charge in [-0.2, -0.15) is 0 Å². The van der Waals surface area contributed by atoms with Gasteiger partial charge in [-0.1, -0.05) is 79.7 Å². The van der Waals surface area contributed by atoms with E-state index in [9.17, 15) is 0 Å². The van der Waals surface area contributed by atoms with Crippen molar-refractivity contribution >= 4 is 22.1 Å². The number of rotatable bonds is 6. The van der Waals surface area contributed by atoms with Crippen LogP contribution in [0, 0.1) is 31.3 Å². The van der Waals surface area contributed by atoms with Crippen LogP contribution in [0.3, 0.4) is 0 Å². The molecule has 0 N–H and O–H groups in total. The molecular weight excluding hydrogens is 755 g/mol. The fourth-order valence-corrected chi connectivity index (χ4v) is 5.48. The van der Waals surface area contributed by atoms with Crippen molar-refractivity contribution < 1.29 is 28.6 Å². The van der Waals surface area contributed by atoms with Crippen LogP contribution in [-0.2, 0) is 39.4 Å². The number of pyridine rings is 3. The molecule has 4 aromatic heterocycles. The van der Waals surface area contributed by atoms with E-state index < -0.39 is 6.85 Å². The van der Waals surface area contributed by atoms with Gasteiger partial charge in [0.15, 0.2) is 0 Å². The molecule has 0 saturated carbocycles. The fraction of sp³-hybridized carbons (Fsp3) is 0.214. The standard InChI is InChI=1S/C30H29N2O.C12H10N.Ir/c1-20-8-15-25-24-6-5-7-26(28(24)33-29(25)32-20)27-18-22(16-17-31-27)12-9-21-10-13-23(14-11-21)19-30(2,3)4;1-10-7-8-12(13-9-10)11-5-3-2-4-6-11;/h5-6,8,10-11,13-18H,9,12,19H2,1-4H3;2-5,7-9H,1H3;/q2*-1;/i1D3;;. The van der Waals surface area contributed by atoms with Crippen LogP contribution in [0.2, 0.25) is 0 Å². The maximum atomic E-state index is 7.64. The van der Waals surface area contributed by atoms with Gasteiger partial charge in [0.2, 0.25) is 5.71 Å². The largest absolute Gasteiger partial charge is 0.486 e. The number of nitrogens with zero attached hydrogens (tertiary/aromatic N) is 3. The van der Waals surface area contributed by atoms with Gasteiger partial charge in [-0.3, -0.25) is 0 Å². The maximum Gasteiger partial charge on any atom is 0.216 e. The molecule has 239 valence electrons. The molecule has 0 bridgehead atoms. The monoisotopic (exact) mass is 797 g/mol. The van der Waals surface area contributed by atoms with Crippen LogP contribution in [0.4, 0.5) is 0 Å². The zero-order valence-corrected chi connectivity index (χ0v) is 29.5. The van der Waals surface area contributed by atoms with E-state index in [1.165, 1.54) is 28.3 Å². The molecule has 7 aromatic rings. The maximum absolute atomic E-state index is 7.64. The quantitative estimate of drug-likeness (QED) is 0.157. The SMILES string of the molecule is Cc1ccc(-c2[c-]cccc2)nc1.[2H]C([2H])([2H])c1ccc2c(n1)oc1c(-c3cc(CCc4ccc(CC(C)(C)C)cc4)ccn3)[c-]ccc12.[Ir]. The van der Waals surface area contributed by atoms with E-state index in [4.69, 9.17) is 8.53 Å². The Morgan fingerprint density at radius 3 is 2.30 bits per heavy atom. The molecule has 1 radical (unpaired) electrons. The van der Waals surface area contributed by atoms with E-state index in [2.05, 4.69) is 84.3 Å². The van der Waals surface area contributed by atoms with E-state index in [0.29, 0.717) is 11.3 Å². The zero-order valence-electron chi connectivity index (χ0n) is 30.1. The van der Waals surface area contributed by atoms with Crippen LogP contribution in [-0.4, -0.2) is 15.0 Å². The molecule has 47 heavy (non-hydrogen) atoms. The molecule has 0 aliphatic rings. The minimum Gasteiger partial charge on any atom is -0.486 e. The van der Waals surface area contributed by atoms with Crippen molar-refractivity contribution in [1.29, 1.82) is 0 Å². The average molecular weight is 797 g/mol. The van der Waals surface area contributed by atoms with Crippen LogP contribution in [0.5, 0.6) is 0 Å². The molecular formula is C42H39IrN3O-2. The van der Waals surface area contributed by atoms with Crippen molar-refractivity contribution in [3.8, 4) is 22.5 Å². The number of benzene rings is 3. The molecule has 3 aromatic carbocycles. The Hall–Kier alpha value is -4.44. The Bertz CT molecular complexity index is 2170. The first-order chi connectivity index (χ1) is 23.4. The van der Waals surface area contributed by atoms with Crippen molar-refractivity contribution in [2.45, 2.75) is 53.8 Å². The molecule has 0 aliphatic carbocycles. The number of furan rings is 1. The first-order valence-corrected chi connectivity index (χ1v) is 15.6. The number of fused-ring (bicyclic) bond motifs is 3. The fourth-order valence-electron chi connectivity index (χ4n) is 5.48. The number of aromatic nitrogens is 3. The average Bonchev–Trinajstić information content (AvgIpc) is 3.46. The summed E-state index contributed by atoms with van der Waals surface area (Å²) >= 11 is 0. The van der Waals surface area contributed by atoms with Crippen LogP contribution in [0.1, 0.15) is 52.8 Å². The van der Waals surface area contributed by atoms with E-state index >= 15 is 0 Å². The molecule has 5 heteroatoms. The summed E-state index contributed by atoms with van der Waals surface area (Å²) in [4.78, 5) is 13.2. The first kappa shape index (κ1) is 29.9. The number of hydrogen-bond donors (Lipinski definition) is 0. The summed E-state index contributed by atoms with van der Waals surface area (Å²) in [5.41, 5.74) is 9.81. The Balaban J connectivity index is 0.000000291. The number of aryl methyl sites for hydroxylation is 4. The Morgan fingerprint density at radius 2 is 1.57 bits per heavy atom. The summed E-state index contributed by atoms with van der Waals surface area (Å²) < 4.78 is 29.0. The molecule has 0 spiro atoms. The molecule has 4 nitrogen and oxygen atoms in total. The van der Waals surface area contributed by atoms with Crippen LogP contribution >= 0.6 is 0 Å². The molecule has 0 aliphatic heterocycles. The predicted octanol–water partition coefficient (Wildman–Crippen LogP) is 10.4. The molecule has 0 fully saturated rings. The Labute approximate surface area is 295 Å². The van der Waals surface area contributed by atoms with Crippen LogP contribution < -0.4 is 0 Å². The van der Waals surface area contributed by atoms with Crippen molar-refractivity contribution in [2.24, 2.45) is 5.41 Å². The smallest absolute Gasteiger partial charge is 0.216 e. The molecule has 7 rings (SSSR count). The summed E-state index contributed by atoms with van der Waals surface area (Å²) in [6.07, 6.45) is 6.60. The molecule has 0 unspecified atom stereocenters. The van der Waals surface area contributed by atoms with Gasteiger partial charge in [0, 0.05) is 47.7 Å². The second kappa shape index (κ2) is 15.0. The predicted molar refractivity (Wildman–Crippen MR) is 189 cm³/mol. The van der Waals surface area contributed by atoms with Gasteiger partial charge in [-0.05, 0) is 84.7 Å². The van der Waals surface area contributed by atoms with Gasteiger partial charge in [0.1, 0.15) is 0 Å². The van der Waals surface area contributed by atoms with E-state index in [1.807, 2.05) is 67.8 Å². The minimum absolute atomic E-state index is 0. The second-order valence-corrected chi connectivity index (χ2v) is 12.8. The van der Waals surface area contributed by atoms with E-state index in [-0.39, 0.29) is 31.2 Å². The van der Waals surface area contributed by atoms with Crippen molar-refractivity contribution in [1.82, 2.24) is 15.0 Å². The second-order valence-electron chi connectivity index (χ2n) is 12.8. The molecule has 4 heterocycles. The minimum atomic E-state index is -2.29. The van der Waals surface area contributed by atoms with Gasteiger partial charge < -0.3 is 14.4 Å². The van der Waals surface area contributed by atoms with Gasteiger partial charge in [-0.25, -0.2) is 4.98 Å².